The Labute approximate surface area is 112 Å². The quantitative estimate of drug-likeness (QED) is 0.913. The van der Waals surface area contributed by atoms with Crippen molar-refractivity contribution in [2.45, 2.75) is 38.7 Å². The van der Waals surface area contributed by atoms with Gasteiger partial charge in [0.2, 0.25) is 5.91 Å². The van der Waals surface area contributed by atoms with Crippen molar-refractivity contribution >= 4 is 23.2 Å². The van der Waals surface area contributed by atoms with Crippen molar-refractivity contribution < 1.29 is 9.90 Å². The van der Waals surface area contributed by atoms with Gasteiger partial charge in [0.1, 0.15) is 0 Å². The van der Waals surface area contributed by atoms with Crippen molar-refractivity contribution in [1.29, 1.82) is 0 Å². The van der Waals surface area contributed by atoms with Crippen molar-refractivity contribution in [1.82, 2.24) is 0 Å². The minimum Gasteiger partial charge on any atom is -0.388 e. The number of benzene rings is 1. The minimum atomic E-state index is -0.520. The number of carbonyl (C=O) groups is 1. The summed E-state index contributed by atoms with van der Waals surface area (Å²) in [6.45, 7) is 2.65. The van der Waals surface area contributed by atoms with Gasteiger partial charge in [-0.1, -0.05) is 24.9 Å². The number of amides is 1. The normalized spacial score (nSPS) is 18.6. The summed E-state index contributed by atoms with van der Waals surface area (Å²) in [6.07, 6.45) is 2.53. The third-order valence-electron chi connectivity index (χ3n) is 3.31. The van der Waals surface area contributed by atoms with Crippen LogP contribution in [-0.2, 0) is 4.79 Å². The number of fused-ring (bicyclic) bond motifs is 1. The van der Waals surface area contributed by atoms with Gasteiger partial charge in [-0.05, 0) is 31.0 Å². The predicted octanol–water partition coefficient (Wildman–Crippen LogP) is 3.30. The van der Waals surface area contributed by atoms with Gasteiger partial charge in [-0.3, -0.25) is 4.79 Å². The fourth-order valence-corrected chi connectivity index (χ4v) is 2.47. The van der Waals surface area contributed by atoms with E-state index in [0.717, 1.165) is 24.1 Å². The molecular weight excluding hydrogens is 250 g/mol. The first-order valence-corrected chi connectivity index (χ1v) is 6.79. The van der Waals surface area contributed by atoms with E-state index in [4.69, 9.17) is 11.6 Å². The molecule has 0 spiro atoms. The molecule has 0 fully saturated rings. The first-order valence-electron chi connectivity index (χ1n) is 6.41. The van der Waals surface area contributed by atoms with Crippen LogP contribution >= 0.6 is 11.6 Å². The van der Waals surface area contributed by atoms with Crippen molar-refractivity contribution in [3.63, 3.8) is 0 Å². The van der Waals surface area contributed by atoms with E-state index in [9.17, 15) is 9.90 Å². The maximum atomic E-state index is 12.1. The Hall–Kier alpha value is -1.06. The molecule has 1 atom stereocenters. The van der Waals surface area contributed by atoms with Crippen LogP contribution < -0.4 is 4.90 Å². The number of aliphatic hydroxyl groups is 1. The topological polar surface area (TPSA) is 40.5 Å². The molecule has 0 aromatic heterocycles. The highest BCUT2D eigenvalue weighted by Gasteiger charge is 2.27. The molecule has 0 bridgehead atoms. The fraction of sp³-hybridized carbons (Fsp3) is 0.500. The summed E-state index contributed by atoms with van der Waals surface area (Å²) >= 11 is 5.94. The minimum absolute atomic E-state index is 0.132. The van der Waals surface area contributed by atoms with Gasteiger partial charge >= 0.3 is 0 Å². The zero-order chi connectivity index (χ0) is 13.1. The third-order valence-corrected chi connectivity index (χ3v) is 3.55. The number of anilines is 1. The summed E-state index contributed by atoms with van der Waals surface area (Å²) in [4.78, 5) is 13.9. The van der Waals surface area contributed by atoms with Crippen LogP contribution in [0.4, 0.5) is 5.69 Å². The summed E-state index contributed by atoms with van der Waals surface area (Å²) in [5, 5.41) is 10.6. The number of rotatable bonds is 3. The zero-order valence-electron chi connectivity index (χ0n) is 10.5. The molecule has 3 nitrogen and oxygen atoms in total. The number of hydrogen-bond acceptors (Lipinski definition) is 2. The lowest BCUT2D eigenvalue weighted by Crippen LogP contribution is -2.36. The van der Waals surface area contributed by atoms with Gasteiger partial charge in [0, 0.05) is 29.2 Å². The Morgan fingerprint density at radius 3 is 3.06 bits per heavy atom. The molecular formula is C14H18ClNO2. The monoisotopic (exact) mass is 267 g/mol. The van der Waals surface area contributed by atoms with Crippen LogP contribution in [0.1, 0.15) is 44.3 Å². The van der Waals surface area contributed by atoms with Gasteiger partial charge in [0.25, 0.3) is 0 Å². The second-order valence-corrected chi connectivity index (χ2v) is 5.09. The van der Waals surface area contributed by atoms with E-state index in [1.165, 1.54) is 0 Å². The predicted molar refractivity (Wildman–Crippen MR) is 72.9 cm³/mol. The van der Waals surface area contributed by atoms with Crippen molar-refractivity contribution in [2.75, 3.05) is 11.4 Å². The van der Waals surface area contributed by atoms with E-state index in [2.05, 4.69) is 6.92 Å². The third kappa shape index (κ3) is 2.68. The van der Waals surface area contributed by atoms with Crippen LogP contribution in [0.25, 0.3) is 0 Å². The van der Waals surface area contributed by atoms with E-state index in [-0.39, 0.29) is 5.91 Å². The van der Waals surface area contributed by atoms with Crippen LogP contribution in [-0.4, -0.2) is 17.6 Å². The molecule has 1 unspecified atom stereocenters. The zero-order valence-corrected chi connectivity index (χ0v) is 11.3. The number of hydrogen-bond donors (Lipinski definition) is 1. The molecule has 1 aliphatic rings. The van der Waals surface area contributed by atoms with Gasteiger partial charge in [-0.2, -0.15) is 0 Å². The van der Waals surface area contributed by atoms with E-state index in [0.29, 0.717) is 24.4 Å². The maximum Gasteiger partial charge on any atom is 0.226 e. The Morgan fingerprint density at radius 2 is 2.33 bits per heavy atom. The number of aliphatic hydroxyl groups excluding tert-OH is 1. The highest BCUT2D eigenvalue weighted by Crippen LogP contribution is 2.35. The van der Waals surface area contributed by atoms with Crippen LogP contribution in [0.5, 0.6) is 0 Å². The molecule has 2 rings (SSSR count). The van der Waals surface area contributed by atoms with Gasteiger partial charge in [-0.25, -0.2) is 0 Å². The van der Waals surface area contributed by atoms with Gasteiger partial charge < -0.3 is 10.0 Å². The highest BCUT2D eigenvalue weighted by molar-refractivity contribution is 6.30. The molecule has 1 aliphatic heterocycles. The number of unbranched alkanes of at least 4 members (excludes halogenated alkanes) is 1. The highest BCUT2D eigenvalue weighted by atomic mass is 35.5. The van der Waals surface area contributed by atoms with E-state index < -0.39 is 6.10 Å². The molecule has 4 heteroatoms. The molecule has 0 saturated carbocycles. The second kappa shape index (κ2) is 5.72. The van der Waals surface area contributed by atoms with E-state index in [1.54, 1.807) is 17.0 Å². The molecule has 18 heavy (non-hydrogen) atoms. The number of halogens is 1. The van der Waals surface area contributed by atoms with Crippen LogP contribution in [0.2, 0.25) is 5.02 Å². The standard InChI is InChI=1S/C14H18ClNO2/c1-2-3-4-14(18)16-8-7-13(17)11-9-10(15)5-6-12(11)16/h5-6,9,13,17H,2-4,7-8H2,1H3. The summed E-state index contributed by atoms with van der Waals surface area (Å²) in [5.74, 6) is 0.132. The molecule has 98 valence electrons. The van der Waals surface area contributed by atoms with Gasteiger partial charge in [0.15, 0.2) is 0 Å². The second-order valence-electron chi connectivity index (χ2n) is 4.66. The first kappa shape index (κ1) is 13.4. The summed E-state index contributed by atoms with van der Waals surface area (Å²) in [5.41, 5.74) is 1.57. The molecule has 0 radical (unpaired) electrons. The van der Waals surface area contributed by atoms with Crippen molar-refractivity contribution in [2.24, 2.45) is 0 Å². The van der Waals surface area contributed by atoms with Crippen LogP contribution in [0, 0.1) is 0 Å². The SMILES string of the molecule is CCCCC(=O)N1CCC(O)c2cc(Cl)ccc21. The Balaban J connectivity index is 2.26. The molecule has 1 N–H and O–H groups in total. The molecule has 1 amide bonds. The Morgan fingerprint density at radius 1 is 1.56 bits per heavy atom. The smallest absolute Gasteiger partial charge is 0.226 e. The first-order chi connectivity index (χ1) is 8.63. The average Bonchev–Trinajstić information content (AvgIpc) is 2.37. The summed E-state index contributed by atoms with van der Waals surface area (Å²) in [7, 11) is 0. The maximum absolute atomic E-state index is 12.1. The lowest BCUT2D eigenvalue weighted by Gasteiger charge is -2.32. The van der Waals surface area contributed by atoms with Crippen molar-refractivity contribution in [3.05, 3.63) is 28.8 Å². The lowest BCUT2D eigenvalue weighted by atomic mass is 9.98. The summed E-state index contributed by atoms with van der Waals surface area (Å²) < 4.78 is 0. The lowest BCUT2D eigenvalue weighted by molar-refractivity contribution is -0.118. The molecule has 1 aromatic carbocycles. The molecule has 0 aliphatic carbocycles. The summed E-state index contributed by atoms with van der Waals surface area (Å²) in [6, 6.07) is 5.34. The van der Waals surface area contributed by atoms with Crippen LogP contribution in [0.3, 0.4) is 0 Å². The van der Waals surface area contributed by atoms with Gasteiger partial charge in [0.05, 0.1) is 6.10 Å². The number of carbonyl (C=O) groups excluding carboxylic acids is 1. The number of nitrogens with zero attached hydrogens (tertiary/aromatic N) is 1. The van der Waals surface area contributed by atoms with Crippen molar-refractivity contribution in [3.8, 4) is 0 Å². The van der Waals surface area contributed by atoms with Crippen LogP contribution in [0.15, 0.2) is 18.2 Å². The fourth-order valence-electron chi connectivity index (χ4n) is 2.29. The molecule has 0 saturated heterocycles. The van der Waals surface area contributed by atoms with E-state index in [1.807, 2.05) is 6.07 Å². The van der Waals surface area contributed by atoms with Gasteiger partial charge in [-0.15, -0.1) is 0 Å². The largest absolute Gasteiger partial charge is 0.388 e. The molecule has 1 aromatic rings. The Bertz CT molecular complexity index is 447. The average molecular weight is 268 g/mol. The molecule has 1 heterocycles. The van der Waals surface area contributed by atoms with E-state index >= 15 is 0 Å². The Kier molecular flexibility index (Phi) is 4.25.